The second kappa shape index (κ2) is 7.18. The Morgan fingerprint density at radius 1 is 1.12 bits per heavy atom. The van der Waals surface area contributed by atoms with Gasteiger partial charge in [0.2, 0.25) is 0 Å². The first-order chi connectivity index (χ1) is 8.21. The highest BCUT2D eigenvalue weighted by Crippen LogP contribution is 2.32. The zero-order valence-corrected chi connectivity index (χ0v) is 12.7. The maximum atomic E-state index is 9.38. The first kappa shape index (κ1) is 14.7. The van der Waals surface area contributed by atoms with Crippen LogP contribution in [-0.4, -0.2) is 14.4 Å². The van der Waals surface area contributed by atoms with E-state index in [-0.39, 0.29) is 6.10 Å². The summed E-state index contributed by atoms with van der Waals surface area (Å²) in [5.74, 6) is 0.505. The lowest BCUT2D eigenvalue weighted by Crippen LogP contribution is -2.42. The number of hydrogen-bond donors (Lipinski definition) is 0. The fourth-order valence-corrected chi connectivity index (χ4v) is 5.72. The van der Waals surface area contributed by atoms with E-state index in [1.807, 2.05) is 0 Å². The molecule has 0 aliphatic heterocycles. The smallest absolute Gasteiger partial charge is 0.193 e. The summed E-state index contributed by atoms with van der Waals surface area (Å²) in [6.07, 6.45) is 6.17. The van der Waals surface area contributed by atoms with Gasteiger partial charge in [-0.3, -0.25) is 0 Å². The second-order valence-corrected chi connectivity index (χ2v) is 10.0. The maximum absolute atomic E-state index is 9.38. The van der Waals surface area contributed by atoms with E-state index in [2.05, 4.69) is 26.8 Å². The Hall–Kier alpha value is -0.333. The van der Waals surface area contributed by atoms with Crippen molar-refractivity contribution in [2.24, 2.45) is 5.92 Å². The van der Waals surface area contributed by atoms with E-state index in [1.54, 1.807) is 0 Å². The van der Waals surface area contributed by atoms with Gasteiger partial charge in [0.15, 0.2) is 8.32 Å². The molecule has 98 valence electrons. The highest BCUT2D eigenvalue weighted by Gasteiger charge is 2.35. The van der Waals surface area contributed by atoms with Crippen LogP contribution in [-0.2, 0) is 4.43 Å². The van der Waals surface area contributed by atoms with Crippen LogP contribution in [0.1, 0.15) is 52.9 Å². The molecule has 0 aromatic heterocycles. The summed E-state index contributed by atoms with van der Waals surface area (Å²) in [5.41, 5.74) is 0. The van der Waals surface area contributed by atoms with Gasteiger partial charge in [-0.2, -0.15) is 5.26 Å². The third-order valence-electron chi connectivity index (χ3n) is 4.52. The van der Waals surface area contributed by atoms with Crippen LogP contribution < -0.4 is 0 Å². The molecule has 1 saturated carbocycles. The lowest BCUT2D eigenvalue weighted by molar-refractivity contribution is 0.141. The molecule has 0 bridgehead atoms. The molecule has 1 aliphatic carbocycles. The molecule has 2 nitrogen and oxygen atoms in total. The van der Waals surface area contributed by atoms with Crippen LogP contribution in [0.4, 0.5) is 0 Å². The van der Waals surface area contributed by atoms with Crippen molar-refractivity contribution in [1.29, 1.82) is 5.26 Å². The van der Waals surface area contributed by atoms with Gasteiger partial charge in [-0.05, 0) is 36.9 Å². The molecule has 0 heterocycles. The molecule has 1 unspecified atom stereocenters. The van der Waals surface area contributed by atoms with Crippen molar-refractivity contribution < 1.29 is 4.43 Å². The molecule has 3 heteroatoms. The van der Waals surface area contributed by atoms with Gasteiger partial charge in [-0.25, -0.2) is 0 Å². The van der Waals surface area contributed by atoms with Crippen LogP contribution in [0.2, 0.25) is 18.1 Å². The van der Waals surface area contributed by atoms with E-state index in [4.69, 9.17) is 4.43 Å². The average molecular weight is 253 g/mol. The van der Waals surface area contributed by atoms with Gasteiger partial charge < -0.3 is 4.43 Å². The normalized spacial score (nSPS) is 19.9. The van der Waals surface area contributed by atoms with E-state index < -0.39 is 8.32 Å². The van der Waals surface area contributed by atoms with Crippen molar-refractivity contribution in [3.8, 4) is 6.07 Å². The van der Waals surface area contributed by atoms with Crippen LogP contribution in [0.15, 0.2) is 0 Å². The Morgan fingerprint density at radius 3 is 2.06 bits per heavy atom. The van der Waals surface area contributed by atoms with E-state index in [0.717, 1.165) is 18.1 Å². The van der Waals surface area contributed by atoms with Crippen LogP contribution in [0.25, 0.3) is 0 Å². The zero-order valence-electron chi connectivity index (χ0n) is 11.7. The molecule has 0 saturated heterocycles. The van der Waals surface area contributed by atoms with Gasteiger partial charge in [-0.15, -0.1) is 0 Å². The number of nitriles is 1. The summed E-state index contributed by atoms with van der Waals surface area (Å²) in [7, 11) is -1.61. The highest BCUT2D eigenvalue weighted by molar-refractivity contribution is 6.73. The fourth-order valence-electron chi connectivity index (χ4n) is 2.93. The Morgan fingerprint density at radius 2 is 1.65 bits per heavy atom. The van der Waals surface area contributed by atoms with Crippen molar-refractivity contribution in [2.75, 3.05) is 0 Å². The second-order valence-electron chi connectivity index (χ2n) is 5.31. The van der Waals surface area contributed by atoms with Gasteiger partial charge in [-0.1, -0.05) is 40.0 Å². The molecule has 1 fully saturated rings. The minimum atomic E-state index is -1.61. The first-order valence-electron chi connectivity index (χ1n) is 7.28. The van der Waals surface area contributed by atoms with E-state index >= 15 is 0 Å². The highest BCUT2D eigenvalue weighted by atomic mass is 28.4. The number of hydrogen-bond acceptors (Lipinski definition) is 2. The molecule has 0 radical (unpaired) electrons. The Balaban J connectivity index is 2.64. The van der Waals surface area contributed by atoms with Gasteiger partial charge >= 0.3 is 0 Å². The first-order valence-corrected chi connectivity index (χ1v) is 9.81. The van der Waals surface area contributed by atoms with Crippen molar-refractivity contribution in [2.45, 2.75) is 77.1 Å². The molecule has 0 amide bonds. The van der Waals surface area contributed by atoms with E-state index in [1.165, 1.54) is 32.1 Å². The molecule has 0 spiro atoms. The molecule has 1 atom stereocenters. The van der Waals surface area contributed by atoms with Crippen LogP contribution >= 0.6 is 0 Å². The number of rotatable bonds is 6. The van der Waals surface area contributed by atoms with Crippen molar-refractivity contribution >= 4 is 8.32 Å². The maximum Gasteiger partial charge on any atom is 0.193 e. The quantitative estimate of drug-likeness (QED) is 0.654. The van der Waals surface area contributed by atoms with Crippen LogP contribution in [0.5, 0.6) is 0 Å². The topological polar surface area (TPSA) is 33.0 Å². The molecule has 0 N–H and O–H groups in total. The fraction of sp³-hybridized carbons (Fsp3) is 0.929. The predicted molar refractivity (Wildman–Crippen MR) is 74.3 cm³/mol. The Bertz CT molecular complexity index is 243. The van der Waals surface area contributed by atoms with Crippen molar-refractivity contribution in [1.82, 2.24) is 0 Å². The Labute approximate surface area is 107 Å². The third-order valence-corrected chi connectivity index (χ3v) is 9.14. The summed E-state index contributed by atoms with van der Waals surface area (Å²) in [5, 5.41) is 9.38. The molecule has 1 aliphatic rings. The minimum absolute atomic E-state index is 0.123. The van der Waals surface area contributed by atoms with E-state index in [0.29, 0.717) is 5.92 Å². The monoisotopic (exact) mass is 253 g/mol. The average Bonchev–Trinajstić information content (AvgIpc) is 2.42. The Kier molecular flexibility index (Phi) is 6.22. The zero-order chi connectivity index (χ0) is 12.7. The summed E-state index contributed by atoms with van der Waals surface area (Å²) >= 11 is 0. The SMILES string of the molecule is CC[Si](CC)(CC)OC(C#N)C1CCCCC1. The molecular weight excluding hydrogens is 226 g/mol. The molecule has 0 aromatic rings. The van der Waals surface area contributed by atoms with Gasteiger partial charge in [0.1, 0.15) is 6.10 Å². The molecule has 1 rings (SSSR count). The molecule has 17 heavy (non-hydrogen) atoms. The summed E-state index contributed by atoms with van der Waals surface area (Å²) in [6, 6.07) is 5.87. The van der Waals surface area contributed by atoms with Crippen molar-refractivity contribution in [3.63, 3.8) is 0 Å². The lowest BCUT2D eigenvalue weighted by Gasteiger charge is -2.35. The third kappa shape index (κ3) is 3.82. The summed E-state index contributed by atoms with van der Waals surface area (Å²) in [6.45, 7) is 6.69. The van der Waals surface area contributed by atoms with Crippen LogP contribution in [0, 0.1) is 17.2 Å². The standard InChI is InChI=1S/C14H27NOSi/c1-4-17(5-2,6-3)16-14(12-15)13-10-8-7-9-11-13/h13-14H,4-11H2,1-3H3. The molecular formula is C14H27NOSi. The number of nitrogens with zero attached hydrogens (tertiary/aromatic N) is 1. The lowest BCUT2D eigenvalue weighted by atomic mass is 9.86. The van der Waals surface area contributed by atoms with Crippen molar-refractivity contribution in [3.05, 3.63) is 0 Å². The van der Waals surface area contributed by atoms with Gasteiger partial charge in [0, 0.05) is 0 Å². The largest absolute Gasteiger partial charge is 0.401 e. The summed E-state index contributed by atoms with van der Waals surface area (Å²) < 4.78 is 6.35. The van der Waals surface area contributed by atoms with Gasteiger partial charge in [0.25, 0.3) is 0 Å². The molecule has 0 aromatic carbocycles. The minimum Gasteiger partial charge on any atom is -0.401 e. The summed E-state index contributed by atoms with van der Waals surface area (Å²) in [4.78, 5) is 0. The van der Waals surface area contributed by atoms with Crippen LogP contribution in [0.3, 0.4) is 0 Å². The van der Waals surface area contributed by atoms with E-state index in [9.17, 15) is 5.26 Å². The predicted octanol–water partition coefficient (Wildman–Crippen LogP) is 4.48. The van der Waals surface area contributed by atoms with Gasteiger partial charge in [0.05, 0.1) is 6.07 Å².